The van der Waals surface area contributed by atoms with E-state index in [-0.39, 0.29) is 11.9 Å². The molecule has 0 bridgehead atoms. The molecule has 1 N–H and O–H groups in total. The quantitative estimate of drug-likeness (QED) is 0.701. The topological polar surface area (TPSA) is 56.4 Å². The molecule has 2 aliphatic heterocycles. The van der Waals surface area contributed by atoms with Crippen molar-refractivity contribution in [1.29, 1.82) is 0 Å². The Morgan fingerprint density at radius 2 is 1.71 bits per heavy atom. The summed E-state index contributed by atoms with van der Waals surface area (Å²) in [5, 5.41) is 1.14. The van der Waals surface area contributed by atoms with Crippen molar-refractivity contribution >= 4 is 28.5 Å². The summed E-state index contributed by atoms with van der Waals surface area (Å²) in [6.07, 6.45) is 0.563. The molecule has 0 aliphatic carbocycles. The first-order valence-electron chi connectivity index (χ1n) is 8.02. The first-order valence-corrected chi connectivity index (χ1v) is 8.02. The molecule has 5 heteroatoms. The van der Waals surface area contributed by atoms with E-state index in [2.05, 4.69) is 11.1 Å². The van der Waals surface area contributed by atoms with Gasteiger partial charge < -0.3 is 9.88 Å². The smallest absolute Gasteiger partial charge is 0.332 e. The van der Waals surface area contributed by atoms with E-state index in [4.69, 9.17) is 0 Å². The molecule has 118 valence electrons. The van der Waals surface area contributed by atoms with Crippen LogP contribution in [-0.4, -0.2) is 27.9 Å². The van der Waals surface area contributed by atoms with Gasteiger partial charge in [0, 0.05) is 23.0 Å². The van der Waals surface area contributed by atoms with Crippen LogP contribution in [0.5, 0.6) is 0 Å². The molecule has 1 saturated heterocycles. The third kappa shape index (κ3) is 1.69. The Bertz CT molecular complexity index is 977. The molecule has 2 aliphatic rings. The van der Waals surface area contributed by atoms with Crippen LogP contribution in [0.3, 0.4) is 0 Å². The van der Waals surface area contributed by atoms with Gasteiger partial charge in [-0.25, -0.2) is 9.69 Å². The van der Waals surface area contributed by atoms with Crippen molar-refractivity contribution in [3.05, 3.63) is 65.9 Å². The number of benzene rings is 2. The number of urea groups is 1. The Balaban J connectivity index is 1.58. The molecule has 5 rings (SSSR count). The zero-order chi connectivity index (χ0) is 16.3. The predicted octanol–water partition coefficient (Wildman–Crippen LogP) is 3.06. The number of hydrogen-bond donors (Lipinski definition) is 1. The number of imide groups is 1. The maximum atomic E-state index is 12.9. The van der Waals surface area contributed by atoms with Gasteiger partial charge in [-0.05, 0) is 23.8 Å². The van der Waals surface area contributed by atoms with E-state index in [1.807, 2.05) is 36.4 Å². The second-order valence-electron chi connectivity index (χ2n) is 6.27. The molecule has 3 amide bonds. The van der Waals surface area contributed by atoms with E-state index in [1.54, 1.807) is 17.0 Å². The molecule has 0 unspecified atom stereocenters. The number of carbonyl (C=O) groups is 2. The Hall–Kier alpha value is -3.08. The number of carbonyl (C=O) groups excluding carboxylic acids is 2. The number of fused-ring (bicyclic) bond motifs is 4. The summed E-state index contributed by atoms with van der Waals surface area (Å²) in [5.74, 6) is -0.137. The number of aromatic nitrogens is 1. The zero-order valence-corrected chi connectivity index (χ0v) is 12.9. The standard InChI is InChI=1S/C19H15N3O2/c23-18-17-10-14-13-8-4-5-9-15(13)20-16(14)11-21(17)19(24)22(18)12-6-2-1-3-7-12/h1-9,17,20H,10-11H2/t17-/m1/s1. The molecule has 24 heavy (non-hydrogen) atoms. The van der Waals surface area contributed by atoms with Crippen LogP contribution in [0.1, 0.15) is 11.3 Å². The molecule has 0 saturated carbocycles. The number of hydrogen-bond acceptors (Lipinski definition) is 2. The lowest BCUT2D eigenvalue weighted by atomic mass is 9.97. The van der Waals surface area contributed by atoms with Gasteiger partial charge in [-0.15, -0.1) is 0 Å². The molecule has 3 aromatic rings. The maximum Gasteiger partial charge on any atom is 0.332 e. The largest absolute Gasteiger partial charge is 0.357 e. The van der Waals surface area contributed by atoms with Gasteiger partial charge in [-0.2, -0.15) is 0 Å². The number of aromatic amines is 1. The molecule has 5 nitrogen and oxygen atoms in total. The van der Waals surface area contributed by atoms with Crippen LogP contribution < -0.4 is 4.90 Å². The van der Waals surface area contributed by atoms with Gasteiger partial charge in [0.2, 0.25) is 0 Å². The molecular weight excluding hydrogens is 302 g/mol. The fourth-order valence-corrected chi connectivity index (χ4v) is 3.82. The third-order valence-corrected chi connectivity index (χ3v) is 4.96. The summed E-state index contributed by atoms with van der Waals surface area (Å²) >= 11 is 0. The number of nitrogens with zero attached hydrogens (tertiary/aromatic N) is 2. The minimum Gasteiger partial charge on any atom is -0.357 e. The summed E-state index contributed by atoms with van der Waals surface area (Å²) in [4.78, 5) is 32.0. The number of rotatable bonds is 1. The van der Waals surface area contributed by atoms with Crippen molar-refractivity contribution in [2.24, 2.45) is 0 Å². The van der Waals surface area contributed by atoms with Gasteiger partial charge >= 0.3 is 6.03 Å². The van der Waals surface area contributed by atoms with Crippen LogP contribution >= 0.6 is 0 Å². The molecule has 0 spiro atoms. The normalized spacial score (nSPS) is 19.8. The van der Waals surface area contributed by atoms with Crippen LogP contribution in [0, 0.1) is 0 Å². The lowest BCUT2D eigenvalue weighted by Crippen LogP contribution is -2.39. The minimum absolute atomic E-state index is 0.137. The summed E-state index contributed by atoms with van der Waals surface area (Å²) < 4.78 is 0. The Morgan fingerprint density at radius 3 is 2.54 bits per heavy atom. The van der Waals surface area contributed by atoms with Gasteiger partial charge in [0.1, 0.15) is 6.04 Å². The van der Waals surface area contributed by atoms with Crippen LogP contribution in [0.25, 0.3) is 10.9 Å². The van der Waals surface area contributed by atoms with E-state index < -0.39 is 6.04 Å². The van der Waals surface area contributed by atoms with E-state index in [0.29, 0.717) is 18.7 Å². The van der Waals surface area contributed by atoms with Crippen LogP contribution in [-0.2, 0) is 17.8 Å². The number of nitrogens with one attached hydrogen (secondary N) is 1. The summed E-state index contributed by atoms with van der Waals surface area (Å²) in [5.41, 5.74) is 3.88. The van der Waals surface area contributed by atoms with Gasteiger partial charge in [0.15, 0.2) is 0 Å². The van der Waals surface area contributed by atoms with Crippen LogP contribution in [0.2, 0.25) is 0 Å². The average Bonchev–Trinajstić information content (AvgIpc) is 3.10. The molecule has 2 aromatic carbocycles. The highest BCUT2D eigenvalue weighted by atomic mass is 16.2. The van der Waals surface area contributed by atoms with Crippen molar-refractivity contribution in [3.63, 3.8) is 0 Å². The first kappa shape index (κ1) is 13.4. The van der Waals surface area contributed by atoms with Crippen LogP contribution in [0.15, 0.2) is 54.6 Å². The second kappa shape index (κ2) is 4.71. The fraction of sp³-hybridized carbons (Fsp3) is 0.158. The maximum absolute atomic E-state index is 12.9. The number of amides is 3. The van der Waals surface area contributed by atoms with E-state index in [0.717, 1.165) is 22.2 Å². The lowest BCUT2D eigenvalue weighted by molar-refractivity contribution is -0.119. The molecule has 1 aromatic heterocycles. The first-order chi connectivity index (χ1) is 11.7. The van der Waals surface area contributed by atoms with Crippen molar-refractivity contribution in [1.82, 2.24) is 9.88 Å². The highest BCUT2D eigenvalue weighted by Crippen LogP contribution is 2.35. The van der Waals surface area contributed by atoms with Crippen molar-refractivity contribution in [2.45, 2.75) is 19.0 Å². The molecule has 1 fully saturated rings. The van der Waals surface area contributed by atoms with E-state index in [9.17, 15) is 9.59 Å². The number of para-hydroxylation sites is 2. The number of H-pyrrole nitrogens is 1. The van der Waals surface area contributed by atoms with Crippen LogP contribution in [0.4, 0.5) is 10.5 Å². The highest BCUT2D eigenvalue weighted by Gasteiger charge is 2.48. The summed E-state index contributed by atoms with van der Waals surface area (Å²) in [6.45, 7) is 0.447. The lowest BCUT2D eigenvalue weighted by Gasteiger charge is -2.26. The fourth-order valence-electron chi connectivity index (χ4n) is 3.82. The molecule has 3 heterocycles. The van der Waals surface area contributed by atoms with Crippen molar-refractivity contribution < 1.29 is 9.59 Å². The van der Waals surface area contributed by atoms with E-state index in [1.165, 1.54) is 4.90 Å². The van der Waals surface area contributed by atoms with Gasteiger partial charge in [-0.3, -0.25) is 4.79 Å². The highest BCUT2D eigenvalue weighted by molar-refractivity contribution is 6.21. The monoisotopic (exact) mass is 317 g/mol. The minimum atomic E-state index is -0.413. The van der Waals surface area contributed by atoms with Crippen molar-refractivity contribution in [2.75, 3.05) is 4.90 Å². The Labute approximate surface area is 138 Å². The Kier molecular flexibility index (Phi) is 2.62. The summed E-state index contributed by atoms with van der Waals surface area (Å²) in [7, 11) is 0. The second-order valence-corrected chi connectivity index (χ2v) is 6.27. The van der Waals surface area contributed by atoms with Gasteiger partial charge in [0.25, 0.3) is 5.91 Å². The molecule has 0 radical (unpaired) electrons. The summed E-state index contributed by atoms with van der Waals surface area (Å²) in [6, 6.07) is 16.6. The van der Waals surface area contributed by atoms with Gasteiger partial charge in [-0.1, -0.05) is 36.4 Å². The molecular formula is C19H15N3O2. The average molecular weight is 317 g/mol. The zero-order valence-electron chi connectivity index (χ0n) is 12.9. The van der Waals surface area contributed by atoms with Crippen molar-refractivity contribution in [3.8, 4) is 0 Å². The Morgan fingerprint density at radius 1 is 0.958 bits per heavy atom. The van der Waals surface area contributed by atoms with Gasteiger partial charge in [0.05, 0.1) is 12.2 Å². The number of anilines is 1. The van der Waals surface area contributed by atoms with E-state index >= 15 is 0 Å². The SMILES string of the molecule is O=C1[C@H]2Cc3c([nH]c4ccccc34)CN2C(=O)N1c1ccccc1. The molecule has 1 atom stereocenters. The third-order valence-electron chi connectivity index (χ3n) is 4.96. The predicted molar refractivity (Wildman–Crippen MR) is 90.7 cm³/mol.